The molecular formula is C22H28N8. The maximum absolute atomic E-state index is 9.00. The highest BCUT2D eigenvalue weighted by Crippen LogP contribution is 2.36. The molecule has 0 amide bonds. The fourth-order valence-corrected chi connectivity index (χ4v) is 5.18. The van der Waals surface area contributed by atoms with Gasteiger partial charge in [-0.05, 0) is 38.7 Å². The first-order valence-electron chi connectivity index (χ1n) is 10.9. The molecule has 0 aromatic carbocycles. The molecule has 8 nitrogen and oxygen atoms in total. The molecule has 30 heavy (non-hydrogen) atoms. The van der Waals surface area contributed by atoms with E-state index in [2.05, 4.69) is 42.9 Å². The Morgan fingerprint density at radius 1 is 1.23 bits per heavy atom. The molecule has 3 aromatic heterocycles. The lowest BCUT2D eigenvalue weighted by atomic mass is 9.81. The smallest absolute Gasteiger partial charge is 0.153 e. The summed E-state index contributed by atoms with van der Waals surface area (Å²) in [5.41, 5.74) is 2.06. The normalized spacial score (nSPS) is 23.9. The summed E-state index contributed by atoms with van der Waals surface area (Å²) in [5.74, 6) is 2.45. The van der Waals surface area contributed by atoms with Gasteiger partial charge in [0.05, 0.1) is 11.6 Å². The van der Waals surface area contributed by atoms with Gasteiger partial charge in [0.15, 0.2) is 5.82 Å². The number of anilines is 3. The van der Waals surface area contributed by atoms with Gasteiger partial charge in [-0.3, -0.25) is 10.00 Å². The minimum absolute atomic E-state index is 0.402. The zero-order valence-corrected chi connectivity index (χ0v) is 17.3. The summed E-state index contributed by atoms with van der Waals surface area (Å²) >= 11 is 0. The second-order valence-corrected chi connectivity index (χ2v) is 8.55. The van der Waals surface area contributed by atoms with Crippen molar-refractivity contribution in [1.29, 1.82) is 5.26 Å². The summed E-state index contributed by atoms with van der Waals surface area (Å²) in [4.78, 5) is 10.8. The zero-order chi connectivity index (χ0) is 20.5. The van der Waals surface area contributed by atoms with Crippen molar-refractivity contribution in [2.24, 2.45) is 0 Å². The van der Waals surface area contributed by atoms with Gasteiger partial charge in [-0.2, -0.15) is 10.4 Å². The summed E-state index contributed by atoms with van der Waals surface area (Å²) in [6.45, 7) is 2.89. The number of nitrogens with zero attached hydrogens (tertiary/aromatic N) is 4. The first-order chi connectivity index (χ1) is 14.7. The van der Waals surface area contributed by atoms with E-state index in [-0.39, 0.29) is 0 Å². The molecule has 2 saturated heterocycles. The third-order valence-electron chi connectivity index (χ3n) is 6.46. The van der Waals surface area contributed by atoms with Crippen LogP contribution in [0.2, 0.25) is 0 Å². The maximum atomic E-state index is 9.00. The first-order valence-corrected chi connectivity index (χ1v) is 10.9. The van der Waals surface area contributed by atoms with Gasteiger partial charge in [-0.15, -0.1) is 0 Å². The zero-order valence-electron chi connectivity index (χ0n) is 17.3. The third-order valence-corrected chi connectivity index (χ3v) is 6.46. The van der Waals surface area contributed by atoms with Crippen LogP contribution < -0.4 is 10.6 Å². The van der Waals surface area contributed by atoms with E-state index >= 15 is 0 Å². The predicted molar refractivity (Wildman–Crippen MR) is 118 cm³/mol. The van der Waals surface area contributed by atoms with E-state index in [1.54, 1.807) is 0 Å². The van der Waals surface area contributed by atoms with Gasteiger partial charge in [-0.1, -0.05) is 6.42 Å². The second kappa shape index (κ2) is 8.00. The standard InChI is InChI=1S/C22H28N8/c1-14-10-21(29-28-14)27-22-18-6-8-24-19(18)13-20(26-22)25-15-11-16-4-2-5-17(12-15)30(16)9-3-7-23/h6,8,10,13,15-17,24H,2-5,9,11-12H2,1H3,(H3,25,26,27,28,29)/t15-,16-,17+. The summed E-state index contributed by atoms with van der Waals surface area (Å²) in [5, 5.41) is 24.3. The number of aromatic amines is 2. The molecule has 3 atom stereocenters. The molecule has 3 aromatic rings. The Morgan fingerprint density at radius 2 is 2.07 bits per heavy atom. The largest absolute Gasteiger partial charge is 0.367 e. The molecular weight excluding hydrogens is 376 g/mol. The van der Waals surface area contributed by atoms with Crippen molar-refractivity contribution in [3.8, 4) is 6.07 Å². The molecule has 2 aliphatic heterocycles. The van der Waals surface area contributed by atoms with Crippen molar-refractivity contribution < 1.29 is 0 Å². The number of fused-ring (bicyclic) bond motifs is 3. The van der Waals surface area contributed by atoms with Crippen molar-refractivity contribution in [2.75, 3.05) is 17.2 Å². The SMILES string of the molecule is Cc1cc(Nc2nc(N[C@@H]3C[C@H]4CCC[C@@H](C3)N4CCC#N)cc3[nH]ccc23)n[nH]1. The lowest BCUT2D eigenvalue weighted by Gasteiger charge is -2.49. The topological polar surface area (TPSA) is 108 Å². The number of rotatable bonds is 6. The average Bonchev–Trinajstić information content (AvgIpc) is 3.35. The molecule has 0 spiro atoms. The number of aromatic nitrogens is 4. The Morgan fingerprint density at radius 3 is 2.80 bits per heavy atom. The number of hydrogen-bond donors (Lipinski definition) is 4. The molecule has 8 heteroatoms. The van der Waals surface area contributed by atoms with E-state index in [0.717, 1.165) is 53.4 Å². The lowest BCUT2D eigenvalue weighted by molar-refractivity contribution is 0.0370. The van der Waals surface area contributed by atoms with E-state index in [4.69, 9.17) is 10.2 Å². The molecule has 0 saturated carbocycles. The van der Waals surface area contributed by atoms with Crippen LogP contribution in [-0.4, -0.2) is 49.7 Å². The van der Waals surface area contributed by atoms with Crippen LogP contribution in [0.3, 0.4) is 0 Å². The number of nitrogens with one attached hydrogen (secondary N) is 4. The Labute approximate surface area is 176 Å². The molecule has 0 unspecified atom stereocenters. The minimum atomic E-state index is 0.402. The Balaban J connectivity index is 1.35. The van der Waals surface area contributed by atoms with Crippen LogP contribution in [0.15, 0.2) is 24.4 Å². The molecule has 5 rings (SSSR count). The number of hydrogen-bond acceptors (Lipinski definition) is 6. The summed E-state index contributed by atoms with van der Waals surface area (Å²) < 4.78 is 0. The highest BCUT2D eigenvalue weighted by Gasteiger charge is 2.37. The Hall–Kier alpha value is -3.05. The molecule has 156 valence electrons. The van der Waals surface area contributed by atoms with E-state index in [9.17, 15) is 0 Å². The Bertz CT molecular complexity index is 1050. The summed E-state index contributed by atoms with van der Waals surface area (Å²) in [6.07, 6.45) is 8.53. The van der Waals surface area contributed by atoms with Crippen molar-refractivity contribution in [3.63, 3.8) is 0 Å². The fourth-order valence-electron chi connectivity index (χ4n) is 5.18. The number of H-pyrrole nitrogens is 2. The van der Waals surface area contributed by atoms with Crippen molar-refractivity contribution in [3.05, 3.63) is 30.1 Å². The van der Waals surface area contributed by atoms with Crippen LogP contribution >= 0.6 is 0 Å². The van der Waals surface area contributed by atoms with Crippen LogP contribution in [0, 0.1) is 18.3 Å². The van der Waals surface area contributed by atoms with Gasteiger partial charge in [0.25, 0.3) is 0 Å². The van der Waals surface area contributed by atoms with E-state index in [1.165, 1.54) is 19.3 Å². The predicted octanol–water partition coefficient (Wildman–Crippen LogP) is 4.05. The van der Waals surface area contributed by atoms with Gasteiger partial charge >= 0.3 is 0 Å². The van der Waals surface area contributed by atoms with Crippen LogP contribution in [0.25, 0.3) is 10.9 Å². The fraction of sp³-hybridized carbons (Fsp3) is 0.500. The van der Waals surface area contributed by atoms with Crippen LogP contribution in [0.5, 0.6) is 0 Å². The van der Waals surface area contributed by atoms with Gasteiger partial charge < -0.3 is 15.6 Å². The van der Waals surface area contributed by atoms with Gasteiger partial charge in [0.1, 0.15) is 11.6 Å². The average molecular weight is 405 g/mol. The number of nitriles is 1. The van der Waals surface area contributed by atoms with Crippen molar-refractivity contribution >= 4 is 28.4 Å². The van der Waals surface area contributed by atoms with Crippen LogP contribution in [-0.2, 0) is 0 Å². The van der Waals surface area contributed by atoms with Crippen LogP contribution in [0.1, 0.15) is 44.2 Å². The molecule has 2 bridgehead atoms. The molecule has 2 fully saturated rings. The van der Waals surface area contributed by atoms with E-state index < -0.39 is 0 Å². The van der Waals surface area contributed by atoms with E-state index in [1.807, 2.05) is 25.3 Å². The van der Waals surface area contributed by atoms with Gasteiger partial charge in [0, 0.05) is 60.5 Å². The highest BCUT2D eigenvalue weighted by molar-refractivity contribution is 5.93. The van der Waals surface area contributed by atoms with Crippen molar-refractivity contribution in [2.45, 2.75) is 63.6 Å². The van der Waals surface area contributed by atoms with Crippen LogP contribution in [0.4, 0.5) is 17.5 Å². The molecule has 2 aliphatic rings. The second-order valence-electron chi connectivity index (χ2n) is 8.55. The quantitative estimate of drug-likeness (QED) is 0.494. The van der Waals surface area contributed by atoms with Gasteiger partial charge in [-0.25, -0.2) is 4.98 Å². The maximum Gasteiger partial charge on any atom is 0.153 e. The summed E-state index contributed by atoms with van der Waals surface area (Å²) in [6, 6.07) is 9.95. The third kappa shape index (κ3) is 3.73. The molecule has 0 aliphatic carbocycles. The minimum Gasteiger partial charge on any atom is -0.367 e. The first kappa shape index (κ1) is 18.9. The molecule has 0 radical (unpaired) electrons. The Kier molecular flexibility index (Phi) is 5.05. The van der Waals surface area contributed by atoms with E-state index in [0.29, 0.717) is 24.5 Å². The highest BCUT2D eigenvalue weighted by atomic mass is 15.2. The molecule has 5 heterocycles. The summed E-state index contributed by atoms with van der Waals surface area (Å²) in [7, 11) is 0. The number of piperidine rings is 2. The monoisotopic (exact) mass is 404 g/mol. The lowest BCUT2D eigenvalue weighted by Crippen LogP contribution is -2.55. The van der Waals surface area contributed by atoms with Crippen molar-refractivity contribution in [1.82, 2.24) is 25.1 Å². The number of pyridine rings is 1. The van der Waals surface area contributed by atoms with Gasteiger partial charge in [0.2, 0.25) is 0 Å². The molecule has 4 N–H and O–H groups in total. The number of aryl methyl sites for hydroxylation is 1.